The Balaban J connectivity index is 0.000000147. The van der Waals surface area contributed by atoms with Gasteiger partial charge in [0.2, 0.25) is 5.69 Å². The summed E-state index contributed by atoms with van der Waals surface area (Å²) in [4.78, 5) is 61.6. The van der Waals surface area contributed by atoms with Crippen molar-refractivity contribution in [2.45, 2.75) is 75.6 Å². The number of fused-ring (bicyclic) bond motifs is 2. The molecule has 21 heteroatoms. The van der Waals surface area contributed by atoms with Gasteiger partial charge in [-0.2, -0.15) is 15.5 Å². The van der Waals surface area contributed by atoms with Crippen LogP contribution in [0.25, 0.3) is 15.9 Å². The van der Waals surface area contributed by atoms with E-state index in [1.54, 1.807) is 33.8 Å². The molecule has 63 heavy (non-hydrogen) atoms. The summed E-state index contributed by atoms with van der Waals surface area (Å²) in [5, 5.41) is 21.8. The zero-order valence-corrected chi connectivity index (χ0v) is 35.9. The van der Waals surface area contributed by atoms with Gasteiger partial charge in [-0.25, -0.2) is 33.8 Å². The van der Waals surface area contributed by atoms with Crippen LogP contribution in [0.15, 0.2) is 46.8 Å². The van der Waals surface area contributed by atoms with Crippen LogP contribution >= 0.6 is 11.6 Å². The number of likely N-dealkylation sites (tertiary alicyclic amines) is 1. The van der Waals surface area contributed by atoms with Gasteiger partial charge in [0.25, 0.3) is 11.1 Å². The van der Waals surface area contributed by atoms with E-state index < -0.39 is 0 Å². The molecule has 0 spiro atoms. The van der Waals surface area contributed by atoms with E-state index in [4.69, 9.17) is 43.1 Å². The van der Waals surface area contributed by atoms with Crippen molar-refractivity contribution in [2.24, 2.45) is 11.8 Å². The predicted molar refractivity (Wildman–Crippen MR) is 229 cm³/mol. The molecule has 0 radical (unpaired) electrons. The van der Waals surface area contributed by atoms with Crippen molar-refractivity contribution in [3.63, 3.8) is 0 Å². The number of imidazole rings is 2. The highest BCUT2D eigenvalue weighted by Crippen LogP contribution is 2.32. The molecule has 6 aromatic rings. The van der Waals surface area contributed by atoms with Gasteiger partial charge >= 0.3 is 0 Å². The van der Waals surface area contributed by atoms with Gasteiger partial charge in [0.15, 0.2) is 11.0 Å². The molecule has 10 rings (SSSR count). The normalized spacial score (nSPS) is 21.9. The van der Waals surface area contributed by atoms with Crippen molar-refractivity contribution >= 4 is 28.3 Å². The van der Waals surface area contributed by atoms with E-state index in [1.807, 2.05) is 6.07 Å². The molecule has 3 N–H and O–H groups in total. The van der Waals surface area contributed by atoms with Crippen LogP contribution in [0.4, 0.5) is 5.69 Å². The molecule has 0 aliphatic carbocycles. The molecule has 328 valence electrons. The van der Waals surface area contributed by atoms with E-state index in [-0.39, 0.29) is 34.8 Å². The van der Waals surface area contributed by atoms with Crippen LogP contribution in [-0.4, -0.2) is 117 Å². The lowest BCUT2D eigenvalue weighted by atomic mass is 9.97. The van der Waals surface area contributed by atoms with Crippen LogP contribution in [0, 0.1) is 29.7 Å². The number of aromatic amines is 2. The quantitative estimate of drug-likeness (QED) is 0.153. The minimum absolute atomic E-state index is 0.0976. The van der Waals surface area contributed by atoms with E-state index in [9.17, 15) is 9.59 Å². The number of hydrogen-bond acceptors (Lipinski definition) is 15. The largest absolute Gasteiger partial charge is 0.381 e. The summed E-state index contributed by atoms with van der Waals surface area (Å²) < 4.78 is 14.4. The van der Waals surface area contributed by atoms with Crippen LogP contribution < -0.4 is 16.4 Å². The summed E-state index contributed by atoms with van der Waals surface area (Å²) in [5.74, 6) is 6.42. The van der Waals surface area contributed by atoms with Crippen LogP contribution in [0.3, 0.4) is 0 Å². The topological polar surface area (TPSA) is 240 Å². The Morgan fingerprint density at radius 2 is 1.29 bits per heavy atom. The summed E-state index contributed by atoms with van der Waals surface area (Å²) in [6, 6.07) is 2.03. The van der Waals surface area contributed by atoms with Crippen LogP contribution in [0.2, 0.25) is 0 Å². The average molecular weight is 877 g/mol. The molecule has 20 nitrogen and oxygen atoms in total. The van der Waals surface area contributed by atoms with Gasteiger partial charge in [0.1, 0.15) is 41.0 Å². The van der Waals surface area contributed by atoms with Gasteiger partial charge in [0.05, 0.1) is 37.0 Å². The molecule has 0 aromatic carbocycles. The number of alkyl halides is 1. The van der Waals surface area contributed by atoms with Crippen LogP contribution in [0.1, 0.15) is 104 Å². The van der Waals surface area contributed by atoms with Crippen molar-refractivity contribution in [1.29, 1.82) is 5.26 Å². The maximum Gasteiger partial charge on any atom is 0.276 e. The van der Waals surface area contributed by atoms with E-state index in [2.05, 4.69) is 68.8 Å². The molecule has 10 heterocycles. The number of ether oxygens (including phenoxy) is 2. The second-order valence-electron chi connectivity index (χ2n) is 16.4. The second kappa shape index (κ2) is 20.0. The molecular formula is C42H49ClN16O4. The Morgan fingerprint density at radius 1 is 0.746 bits per heavy atom. The fourth-order valence-electron chi connectivity index (χ4n) is 8.57. The summed E-state index contributed by atoms with van der Waals surface area (Å²) in [5.41, 5.74) is 1.65. The number of nitrogens with one attached hydrogen (secondary N) is 3. The molecule has 6 aromatic heterocycles. The Labute approximate surface area is 367 Å². The highest BCUT2D eigenvalue weighted by molar-refractivity contribution is 6.16. The molecule has 0 saturated carbocycles. The summed E-state index contributed by atoms with van der Waals surface area (Å²) in [6.07, 6.45) is 12.9. The first-order chi connectivity index (χ1) is 30.7. The molecule has 4 fully saturated rings. The van der Waals surface area contributed by atoms with Gasteiger partial charge in [-0.1, -0.05) is 13.8 Å². The Bertz CT molecular complexity index is 2690. The molecule has 0 bridgehead atoms. The van der Waals surface area contributed by atoms with E-state index in [0.29, 0.717) is 77.3 Å². The monoisotopic (exact) mass is 876 g/mol. The van der Waals surface area contributed by atoms with Crippen molar-refractivity contribution in [3.05, 3.63) is 110 Å². The first-order valence-corrected chi connectivity index (χ1v) is 21.8. The van der Waals surface area contributed by atoms with Gasteiger partial charge < -0.3 is 24.8 Å². The first-order valence-electron chi connectivity index (χ1n) is 21.2. The van der Waals surface area contributed by atoms with Crippen molar-refractivity contribution in [2.75, 3.05) is 52.6 Å². The molecule has 4 aliphatic rings. The minimum Gasteiger partial charge on any atom is -0.381 e. The third kappa shape index (κ3) is 9.96. The summed E-state index contributed by atoms with van der Waals surface area (Å²) in [6.45, 7) is 17.9. The highest BCUT2D eigenvalue weighted by atomic mass is 35.5. The SMILES string of the molecule is CC1CN(Cc2ncc(C#N)cn2)CC1c1nn2c(C3CCOCC3)ncc2c(=O)[nH]1.CC1CNCC1c1nn2c(C3CCOCC3)ncc2c(=O)[nH]1.[C-]#[N+]c1cnc(CCl)nc1. The van der Waals surface area contributed by atoms with E-state index in [0.717, 1.165) is 82.5 Å². The smallest absolute Gasteiger partial charge is 0.276 e. The number of hydrogen-bond donors (Lipinski definition) is 3. The van der Waals surface area contributed by atoms with E-state index >= 15 is 0 Å². The number of nitrogens with zero attached hydrogens (tertiary/aromatic N) is 13. The third-order valence-electron chi connectivity index (χ3n) is 12.1. The number of rotatable bonds is 7. The minimum atomic E-state index is -0.156. The fourth-order valence-corrected chi connectivity index (χ4v) is 8.70. The van der Waals surface area contributed by atoms with Crippen molar-refractivity contribution in [1.82, 2.24) is 69.3 Å². The zero-order valence-electron chi connectivity index (χ0n) is 35.2. The number of H-pyrrole nitrogens is 2. The van der Waals surface area contributed by atoms with E-state index in [1.165, 1.54) is 12.4 Å². The van der Waals surface area contributed by atoms with Gasteiger partial charge in [0, 0.05) is 94.5 Å². The predicted octanol–water partition coefficient (Wildman–Crippen LogP) is 3.61. The van der Waals surface area contributed by atoms with Crippen molar-refractivity contribution in [3.8, 4) is 6.07 Å². The molecule has 4 aliphatic heterocycles. The molecule has 0 amide bonds. The van der Waals surface area contributed by atoms with Crippen LogP contribution in [-0.2, 0) is 21.9 Å². The van der Waals surface area contributed by atoms with Crippen LogP contribution in [0.5, 0.6) is 0 Å². The first kappa shape index (κ1) is 43.6. The fraction of sp³-hybridized carbons (Fsp3) is 0.524. The van der Waals surface area contributed by atoms with Gasteiger partial charge in [-0.3, -0.25) is 24.5 Å². The number of halogens is 1. The standard InChI is InChI=1S/C21H24N8O2.C15H21N5O2.C6H4ClN3/c1-13-10-28(12-18-23-7-14(6-22)8-24-18)11-16(13)19-26-21(30)17-9-25-20(29(17)27-19)15-2-4-31-5-3-15;1-9-6-16-7-11(9)13-18-15(21)12-8-17-14(20(12)19-13)10-2-4-22-5-3-10;1-8-5-3-9-6(2-7)10-4-5/h7-9,13,15-16H,2-5,10-12H2,1H3,(H,26,27,30);8-11,16H,2-7H2,1H3,(H,18,19,21);3-4H,2H2. The second-order valence-corrected chi connectivity index (χ2v) is 16.7. The zero-order chi connectivity index (χ0) is 43.9. The lowest BCUT2D eigenvalue weighted by Gasteiger charge is -2.21. The maximum absolute atomic E-state index is 12.8. The molecule has 4 unspecified atom stereocenters. The Hall–Kier alpha value is -6.03. The third-order valence-corrected chi connectivity index (χ3v) is 12.4. The summed E-state index contributed by atoms with van der Waals surface area (Å²) >= 11 is 5.42. The lowest BCUT2D eigenvalue weighted by Crippen LogP contribution is -2.24. The van der Waals surface area contributed by atoms with Gasteiger partial charge in [-0.15, -0.1) is 11.6 Å². The Kier molecular flexibility index (Phi) is 13.8. The molecule has 4 saturated heterocycles. The highest BCUT2D eigenvalue weighted by Gasteiger charge is 2.34. The number of nitriles is 1. The lowest BCUT2D eigenvalue weighted by molar-refractivity contribution is 0.0831. The maximum atomic E-state index is 12.8. The molecular weight excluding hydrogens is 828 g/mol. The van der Waals surface area contributed by atoms with Gasteiger partial charge in [-0.05, 0) is 44.1 Å². The number of aromatic nitrogens is 12. The molecule has 4 atom stereocenters. The van der Waals surface area contributed by atoms with Crippen molar-refractivity contribution < 1.29 is 9.47 Å². The Morgan fingerprint density at radius 3 is 1.78 bits per heavy atom. The summed E-state index contributed by atoms with van der Waals surface area (Å²) in [7, 11) is 0. The average Bonchev–Trinajstić information content (AvgIpc) is 4.14.